The van der Waals surface area contributed by atoms with Gasteiger partial charge in [-0.1, -0.05) is 11.6 Å². The maximum atomic E-state index is 11.3. The van der Waals surface area contributed by atoms with Crippen molar-refractivity contribution in [3.8, 4) is 6.07 Å². The number of hydrogen-bond donors (Lipinski definition) is 1. The molecule has 0 fully saturated rings. The van der Waals surface area contributed by atoms with Crippen LogP contribution in [0.3, 0.4) is 0 Å². The van der Waals surface area contributed by atoms with E-state index in [4.69, 9.17) is 16.9 Å². The summed E-state index contributed by atoms with van der Waals surface area (Å²) < 4.78 is 0. The number of aromatic amines is 1. The number of nitriles is 1. The molecule has 0 saturated carbocycles. The molecule has 0 aliphatic rings. The van der Waals surface area contributed by atoms with Crippen LogP contribution in [0.25, 0.3) is 0 Å². The van der Waals surface area contributed by atoms with Crippen molar-refractivity contribution < 1.29 is 0 Å². The molecule has 0 spiro atoms. The summed E-state index contributed by atoms with van der Waals surface area (Å²) >= 11 is 5.80. The minimum Gasteiger partial charge on any atom is -0.329 e. The van der Waals surface area contributed by atoms with E-state index in [-0.39, 0.29) is 5.69 Å². The molecule has 18 heavy (non-hydrogen) atoms. The van der Waals surface area contributed by atoms with Crippen LogP contribution >= 0.6 is 11.6 Å². The van der Waals surface area contributed by atoms with Crippen LogP contribution in [-0.4, -0.2) is 17.0 Å². The second kappa shape index (κ2) is 4.90. The van der Waals surface area contributed by atoms with E-state index in [0.29, 0.717) is 10.8 Å². The standard InChI is InChI=1S/C12H9ClN4O/c1-17(10-4-2-8(13)3-5-10)11-6-9(7-14)15-12(18)16-11/h2-6H,1H3,(H,15,16,18). The van der Waals surface area contributed by atoms with E-state index in [0.717, 1.165) is 5.69 Å². The van der Waals surface area contributed by atoms with Crippen molar-refractivity contribution in [1.29, 1.82) is 5.26 Å². The van der Waals surface area contributed by atoms with Crippen LogP contribution in [0.5, 0.6) is 0 Å². The summed E-state index contributed by atoms with van der Waals surface area (Å²) in [6, 6.07) is 10.5. The molecule has 0 saturated heterocycles. The highest BCUT2D eigenvalue weighted by atomic mass is 35.5. The number of nitrogens with zero attached hydrogens (tertiary/aromatic N) is 3. The first kappa shape index (κ1) is 12.1. The third kappa shape index (κ3) is 2.50. The summed E-state index contributed by atoms with van der Waals surface area (Å²) in [5.74, 6) is 0.401. The summed E-state index contributed by atoms with van der Waals surface area (Å²) in [5.41, 5.74) is 0.442. The van der Waals surface area contributed by atoms with Gasteiger partial charge in [0, 0.05) is 23.8 Å². The molecule has 2 rings (SSSR count). The average Bonchev–Trinajstić information content (AvgIpc) is 2.38. The largest absolute Gasteiger partial charge is 0.347 e. The van der Waals surface area contributed by atoms with E-state index < -0.39 is 5.69 Å². The number of benzene rings is 1. The first-order valence-corrected chi connectivity index (χ1v) is 5.49. The molecule has 0 aliphatic heterocycles. The van der Waals surface area contributed by atoms with Gasteiger partial charge in [0.05, 0.1) is 0 Å². The zero-order valence-corrected chi connectivity index (χ0v) is 10.3. The minimum atomic E-state index is -0.551. The topological polar surface area (TPSA) is 72.8 Å². The van der Waals surface area contributed by atoms with E-state index in [1.807, 2.05) is 6.07 Å². The van der Waals surface area contributed by atoms with Crippen LogP contribution in [0, 0.1) is 11.3 Å². The molecule has 1 aromatic carbocycles. The van der Waals surface area contributed by atoms with Crippen LogP contribution in [0.1, 0.15) is 5.69 Å². The number of aromatic nitrogens is 2. The van der Waals surface area contributed by atoms with Crippen molar-refractivity contribution in [3.05, 3.63) is 51.5 Å². The lowest BCUT2D eigenvalue weighted by Gasteiger charge is -2.17. The van der Waals surface area contributed by atoms with Crippen molar-refractivity contribution in [3.63, 3.8) is 0 Å². The number of hydrogen-bond acceptors (Lipinski definition) is 4. The van der Waals surface area contributed by atoms with E-state index >= 15 is 0 Å². The van der Waals surface area contributed by atoms with E-state index in [1.54, 1.807) is 36.2 Å². The molecule has 5 nitrogen and oxygen atoms in total. The van der Waals surface area contributed by atoms with E-state index in [1.165, 1.54) is 6.07 Å². The third-order valence-electron chi connectivity index (χ3n) is 2.41. The van der Waals surface area contributed by atoms with Crippen molar-refractivity contribution in [2.45, 2.75) is 0 Å². The summed E-state index contributed by atoms with van der Waals surface area (Å²) in [5, 5.41) is 9.42. The second-order valence-electron chi connectivity index (χ2n) is 3.61. The molecule has 2 aromatic rings. The second-order valence-corrected chi connectivity index (χ2v) is 4.04. The fraction of sp³-hybridized carbons (Fsp3) is 0.0833. The van der Waals surface area contributed by atoms with Crippen molar-refractivity contribution in [2.24, 2.45) is 0 Å². The van der Waals surface area contributed by atoms with Gasteiger partial charge in [-0.05, 0) is 24.3 Å². The Labute approximate surface area is 108 Å². The molecule has 0 radical (unpaired) electrons. The Kier molecular flexibility index (Phi) is 3.31. The molecule has 1 N–H and O–H groups in total. The molecule has 0 bridgehead atoms. The minimum absolute atomic E-state index is 0.172. The summed E-state index contributed by atoms with van der Waals surface area (Å²) in [7, 11) is 1.76. The number of anilines is 2. The van der Waals surface area contributed by atoms with Gasteiger partial charge in [0.1, 0.15) is 17.6 Å². The van der Waals surface area contributed by atoms with Gasteiger partial charge >= 0.3 is 5.69 Å². The highest BCUT2D eigenvalue weighted by Gasteiger charge is 2.07. The Morgan fingerprint density at radius 3 is 2.67 bits per heavy atom. The molecule has 0 aliphatic carbocycles. The number of H-pyrrole nitrogens is 1. The Balaban J connectivity index is 2.43. The van der Waals surface area contributed by atoms with Crippen LogP contribution in [0.2, 0.25) is 5.02 Å². The monoisotopic (exact) mass is 260 g/mol. The van der Waals surface area contributed by atoms with Gasteiger partial charge < -0.3 is 4.90 Å². The molecule has 6 heteroatoms. The first-order chi connectivity index (χ1) is 8.60. The quantitative estimate of drug-likeness (QED) is 0.897. The van der Waals surface area contributed by atoms with Crippen molar-refractivity contribution in [1.82, 2.24) is 9.97 Å². The number of nitrogens with one attached hydrogen (secondary N) is 1. The molecular formula is C12H9ClN4O. The van der Waals surface area contributed by atoms with Gasteiger partial charge in [0.15, 0.2) is 0 Å². The van der Waals surface area contributed by atoms with Gasteiger partial charge in [-0.15, -0.1) is 0 Å². The Hall–Kier alpha value is -2.32. The molecule has 1 aromatic heterocycles. The van der Waals surface area contributed by atoms with Gasteiger partial charge in [-0.2, -0.15) is 10.2 Å². The van der Waals surface area contributed by atoms with Crippen molar-refractivity contribution >= 4 is 23.1 Å². The molecule has 90 valence electrons. The van der Waals surface area contributed by atoms with Gasteiger partial charge in [0.25, 0.3) is 0 Å². The number of halogens is 1. The molecule has 1 heterocycles. The lowest BCUT2D eigenvalue weighted by atomic mass is 10.3. The average molecular weight is 261 g/mol. The summed E-state index contributed by atoms with van der Waals surface area (Å²) in [6.45, 7) is 0. The SMILES string of the molecule is CN(c1ccc(Cl)cc1)c1cc(C#N)[nH]c(=O)n1. The zero-order chi connectivity index (χ0) is 13.1. The maximum absolute atomic E-state index is 11.3. The van der Waals surface area contributed by atoms with Gasteiger partial charge in [0.2, 0.25) is 0 Å². The molecule has 0 atom stereocenters. The summed E-state index contributed by atoms with van der Waals surface area (Å²) in [6.07, 6.45) is 0. The maximum Gasteiger partial charge on any atom is 0.347 e. The van der Waals surface area contributed by atoms with Gasteiger partial charge in [-0.3, -0.25) is 4.98 Å². The predicted octanol–water partition coefficient (Wildman–Crippen LogP) is 2.06. The van der Waals surface area contributed by atoms with E-state index in [9.17, 15) is 4.79 Å². The Morgan fingerprint density at radius 2 is 2.06 bits per heavy atom. The van der Waals surface area contributed by atoms with Crippen LogP contribution in [-0.2, 0) is 0 Å². The predicted molar refractivity (Wildman–Crippen MR) is 69.1 cm³/mol. The normalized spacial score (nSPS) is 9.83. The lowest BCUT2D eigenvalue weighted by molar-refractivity contribution is 1.01. The highest BCUT2D eigenvalue weighted by molar-refractivity contribution is 6.30. The Bertz CT molecular complexity index is 657. The fourth-order valence-corrected chi connectivity index (χ4v) is 1.60. The van der Waals surface area contributed by atoms with Crippen LogP contribution in [0.4, 0.5) is 11.5 Å². The molecule has 0 unspecified atom stereocenters. The van der Waals surface area contributed by atoms with Crippen LogP contribution < -0.4 is 10.6 Å². The molecule has 0 amide bonds. The first-order valence-electron chi connectivity index (χ1n) is 5.11. The third-order valence-corrected chi connectivity index (χ3v) is 2.66. The number of rotatable bonds is 2. The van der Waals surface area contributed by atoms with Gasteiger partial charge in [-0.25, -0.2) is 4.79 Å². The Morgan fingerprint density at radius 1 is 1.39 bits per heavy atom. The van der Waals surface area contributed by atoms with Crippen LogP contribution in [0.15, 0.2) is 35.1 Å². The summed E-state index contributed by atoms with van der Waals surface area (Å²) in [4.78, 5) is 19.1. The lowest BCUT2D eigenvalue weighted by Crippen LogP contribution is -2.19. The zero-order valence-electron chi connectivity index (χ0n) is 9.51. The van der Waals surface area contributed by atoms with E-state index in [2.05, 4.69) is 9.97 Å². The highest BCUT2D eigenvalue weighted by Crippen LogP contribution is 2.22. The smallest absolute Gasteiger partial charge is 0.329 e. The molecular weight excluding hydrogens is 252 g/mol. The fourth-order valence-electron chi connectivity index (χ4n) is 1.47. The van der Waals surface area contributed by atoms with Crippen molar-refractivity contribution in [2.75, 3.05) is 11.9 Å².